The van der Waals surface area contributed by atoms with E-state index in [1.165, 1.54) is 0 Å². The lowest BCUT2D eigenvalue weighted by Crippen LogP contribution is -2.16. The highest BCUT2D eigenvalue weighted by Crippen LogP contribution is 2.21. The van der Waals surface area contributed by atoms with Gasteiger partial charge in [-0.05, 0) is 31.1 Å². The van der Waals surface area contributed by atoms with Gasteiger partial charge in [0, 0.05) is 25.4 Å². The van der Waals surface area contributed by atoms with E-state index >= 15 is 0 Å². The molecule has 1 atom stereocenters. The molecule has 1 saturated heterocycles. The van der Waals surface area contributed by atoms with Gasteiger partial charge in [0.05, 0.1) is 17.9 Å². The number of benzene rings is 1. The lowest BCUT2D eigenvalue weighted by molar-refractivity contribution is 0.0679. The molecule has 0 bridgehead atoms. The van der Waals surface area contributed by atoms with E-state index in [9.17, 15) is 4.79 Å². The zero-order valence-electron chi connectivity index (χ0n) is 13.1. The van der Waals surface area contributed by atoms with Gasteiger partial charge in [0.1, 0.15) is 12.4 Å². The number of carbonyl (C=O) groups is 1. The van der Waals surface area contributed by atoms with Gasteiger partial charge in [-0.3, -0.25) is 9.48 Å². The Balaban J connectivity index is 1.67. The maximum Gasteiger partial charge on any atom is 0.189 e. The van der Waals surface area contributed by atoms with Gasteiger partial charge < -0.3 is 9.47 Å². The molecule has 0 aliphatic carbocycles. The van der Waals surface area contributed by atoms with Crippen LogP contribution >= 0.6 is 0 Å². The zero-order chi connectivity index (χ0) is 16.1. The Morgan fingerprint density at radius 1 is 1.48 bits per heavy atom. The molecule has 2 heterocycles. The number of carbonyl (C=O) groups excluding carboxylic acids is 1. The van der Waals surface area contributed by atoms with Crippen molar-refractivity contribution in [3.63, 3.8) is 0 Å². The van der Waals surface area contributed by atoms with E-state index in [4.69, 9.17) is 9.47 Å². The van der Waals surface area contributed by atoms with E-state index in [0.717, 1.165) is 30.8 Å². The Labute approximate surface area is 135 Å². The van der Waals surface area contributed by atoms with Crippen molar-refractivity contribution >= 4 is 11.9 Å². The fraction of sp³-hybridized carbons (Fsp3) is 0.333. The fourth-order valence-electron chi connectivity index (χ4n) is 2.52. The summed E-state index contributed by atoms with van der Waals surface area (Å²) in [6.45, 7) is 1.36. The first-order valence-electron chi connectivity index (χ1n) is 7.77. The maximum absolute atomic E-state index is 12.1. The topological polar surface area (TPSA) is 53.4 Å². The summed E-state index contributed by atoms with van der Waals surface area (Å²) in [7, 11) is 1.79. The molecule has 1 aromatic heterocycles. The van der Waals surface area contributed by atoms with Gasteiger partial charge >= 0.3 is 0 Å². The van der Waals surface area contributed by atoms with Crippen molar-refractivity contribution in [2.45, 2.75) is 18.9 Å². The Kier molecular flexibility index (Phi) is 4.88. The quantitative estimate of drug-likeness (QED) is 0.608. The minimum atomic E-state index is -0.0768. The largest absolute Gasteiger partial charge is 0.490 e. The predicted molar refractivity (Wildman–Crippen MR) is 87.5 cm³/mol. The van der Waals surface area contributed by atoms with Gasteiger partial charge in [-0.1, -0.05) is 18.2 Å². The maximum atomic E-state index is 12.1. The highest BCUT2D eigenvalue weighted by Gasteiger charge is 2.16. The molecule has 0 amide bonds. The summed E-state index contributed by atoms with van der Waals surface area (Å²) in [4.78, 5) is 12.1. The van der Waals surface area contributed by atoms with Gasteiger partial charge in [-0.15, -0.1) is 0 Å². The lowest BCUT2D eigenvalue weighted by Gasteiger charge is -2.13. The van der Waals surface area contributed by atoms with E-state index in [0.29, 0.717) is 12.2 Å². The third kappa shape index (κ3) is 4.07. The Morgan fingerprint density at radius 2 is 2.35 bits per heavy atom. The predicted octanol–water partition coefficient (Wildman–Crippen LogP) is 2.87. The van der Waals surface area contributed by atoms with Crippen molar-refractivity contribution in [2.24, 2.45) is 7.05 Å². The number of rotatable bonds is 6. The van der Waals surface area contributed by atoms with Crippen LogP contribution in [0.25, 0.3) is 6.08 Å². The fourth-order valence-corrected chi connectivity index (χ4v) is 2.52. The summed E-state index contributed by atoms with van der Waals surface area (Å²) in [5.41, 5.74) is 1.45. The van der Waals surface area contributed by atoms with Crippen LogP contribution in [-0.4, -0.2) is 34.9 Å². The summed E-state index contributed by atoms with van der Waals surface area (Å²) >= 11 is 0. The molecule has 1 aliphatic heterocycles. The van der Waals surface area contributed by atoms with E-state index in [2.05, 4.69) is 5.10 Å². The molecule has 5 nitrogen and oxygen atoms in total. The lowest BCUT2D eigenvalue weighted by atomic mass is 10.1. The van der Waals surface area contributed by atoms with Gasteiger partial charge in [0.25, 0.3) is 0 Å². The third-order valence-corrected chi connectivity index (χ3v) is 3.77. The van der Waals surface area contributed by atoms with Gasteiger partial charge in [0.15, 0.2) is 5.78 Å². The monoisotopic (exact) mass is 312 g/mol. The Morgan fingerprint density at radius 3 is 3.09 bits per heavy atom. The molecule has 120 valence electrons. The van der Waals surface area contributed by atoms with Gasteiger partial charge in [-0.25, -0.2) is 0 Å². The average Bonchev–Trinajstić information content (AvgIpc) is 3.23. The molecule has 0 N–H and O–H groups in total. The molecule has 2 aromatic rings. The highest BCUT2D eigenvalue weighted by molar-refractivity contribution is 6.06. The van der Waals surface area contributed by atoms with Crippen molar-refractivity contribution in [1.82, 2.24) is 9.78 Å². The smallest absolute Gasteiger partial charge is 0.189 e. The van der Waals surface area contributed by atoms with Crippen LogP contribution in [0.5, 0.6) is 5.75 Å². The Hall–Kier alpha value is -2.40. The summed E-state index contributed by atoms with van der Waals surface area (Å²) in [5, 5.41) is 4.01. The molecule has 0 radical (unpaired) electrons. The van der Waals surface area contributed by atoms with Crippen LogP contribution in [0.2, 0.25) is 0 Å². The standard InChI is InChI=1S/C18H20N2O3/c1-20-12-15(11-19-20)17(21)9-8-14-5-2-3-7-18(14)23-13-16-6-4-10-22-16/h2-3,5,7-9,11-12,16H,4,6,10,13H2,1H3. The van der Waals surface area contributed by atoms with Crippen LogP contribution in [-0.2, 0) is 11.8 Å². The van der Waals surface area contributed by atoms with Crippen LogP contribution in [0.4, 0.5) is 0 Å². The molecule has 3 rings (SSSR count). The number of allylic oxidation sites excluding steroid dienone is 1. The number of aromatic nitrogens is 2. The van der Waals surface area contributed by atoms with Crippen molar-refractivity contribution in [3.8, 4) is 5.75 Å². The first-order valence-corrected chi connectivity index (χ1v) is 7.77. The van der Waals surface area contributed by atoms with Crippen LogP contribution in [0.1, 0.15) is 28.8 Å². The van der Waals surface area contributed by atoms with Crippen molar-refractivity contribution in [1.29, 1.82) is 0 Å². The molecule has 5 heteroatoms. The molecule has 1 aliphatic rings. The van der Waals surface area contributed by atoms with E-state index in [-0.39, 0.29) is 11.9 Å². The first-order chi connectivity index (χ1) is 11.2. The molecular formula is C18H20N2O3. The van der Waals surface area contributed by atoms with Crippen LogP contribution in [0.15, 0.2) is 42.7 Å². The summed E-state index contributed by atoms with van der Waals surface area (Å²) in [6, 6.07) is 7.68. The van der Waals surface area contributed by atoms with Crippen molar-refractivity contribution in [2.75, 3.05) is 13.2 Å². The first kappa shape index (κ1) is 15.5. The number of hydrogen-bond acceptors (Lipinski definition) is 4. The zero-order valence-corrected chi connectivity index (χ0v) is 13.1. The second kappa shape index (κ2) is 7.24. The molecular weight excluding hydrogens is 292 g/mol. The molecule has 1 aromatic carbocycles. The normalized spacial score (nSPS) is 17.7. The van der Waals surface area contributed by atoms with Crippen molar-refractivity contribution in [3.05, 3.63) is 53.9 Å². The third-order valence-electron chi connectivity index (χ3n) is 3.77. The number of ketones is 1. The highest BCUT2D eigenvalue weighted by atomic mass is 16.5. The Bertz CT molecular complexity index is 700. The molecule has 0 saturated carbocycles. The number of ether oxygens (including phenoxy) is 2. The number of aryl methyl sites for hydroxylation is 1. The summed E-state index contributed by atoms with van der Waals surface area (Å²) in [6.07, 6.45) is 8.89. The second-order valence-electron chi connectivity index (χ2n) is 5.58. The molecule has 0 spiro atoms. The van der Waals surface area contributed by atoms with E-state index in [1.54, 1.807) is 36.3 Å². The van der Waals surface area contributed by atoms with Crippen LogP contribution in [0, 0.1) is 0 Å². The van der Waals surface area contributed by atoms with E-state index < -0.39 is 0 Å². The number of hydrogen-bond donors (Lipinski definition) is 0. The number of nitrogens with zero attached hydrogens (tertiary/aromatic N) is 2. The summed E-state index contributed by atoms with van der Waals surface area (Å²) in [5.74, 6) is 0.685. The number of para-hydroxylation sites is 1. The van der Waals surface area contributed by atoms with Crippen LogP contribution in [0.3, 0.4) is 0 Å². The average molecular weight is 312 g/mol. The van der Waals surface area contributed by atoms with Gasteiger partial charge in [0.2, 0.25) is 0 Å². The minimum absolute atomic E-state index is 0.0768. The second-order valence-corrected chi connectivity index (χ2v) is 5.58. The SMILES string of the molecule is Cn1cc(C(=O)C=Cc2ccccc2OCC2CCCO2)cn1. The minimum Gasteiger partial charge on any atom is -0.490 e. The van der Waals surface area contributed by atoms with E-state index in [1.807, 2.05) is 24.3 Å². The van der Waals surface area contributed by atoms with Crippen molar-refractivity contribution < 1.29 is 14.3 Å². The molecule has 23 heavy (non-hydrogen) atoms. The molecule has 1 fully saturated rings. The van der Waals surface area contributed by atoms with Gasteiger partial charge in [-0.2, -0.15) is 5.10 Å². The molecule has 1 unspecified atom stereocenters. The van der Waals surface area contributed by atoms with Crippen LogP contribution < -0.4 is 4.74 Å². The summed E-state index contributed by atoms with van der Waals surface area (Å²) < 4.78 is 13.0.